The van der Waals surface area contributed by atoms with E-state index in [-0.39, 0.29) is 42.7 Å². The highest BCUT2D eigenvalue weighted by molar-refractivity contribution is 7.89. The standard InChI is InChI=1S/C24H32N2O6S/c1-18(2)19-5-7-20(8-6-19)32-16-11-24(27)25-12-14-26(15-13-25)33(28,29)23-17-21(30-3)9-10-22(23)31-4/h5-10,17-18H,11-16H2,1-4H3. The van der Waals surface area contributed by atoms with Crippen molar-refractivity contribution in [1.29, 1.82) is 0 Å². The van der Waals surface area contributed by atoms with Crippen molar-refractivity contribution >= 4 is 15.9 Å². The van der Waals surface area contributed by atoms with Crippen LogP contribution in [0.15, 0.2) is 47.4 Å². The molecule has 1 fully saturated rings. The van der Waals surface area contributed by atoms with Crippen LogP contribution in [0.25, 0.3) is 0 Å². The number of benzene rings is 2. The van der Waals surface area contributed by atoms with Gasteiger partial charge >= 0.3 is 0 Å². The lowest BCUT2D eigenvalue weighted by molar-refractivity contribution is -0.132. The van der Waals surface area contributed by atoms with E-state index >= 15 is 0 Å². The minimum atomic E-state index is -3.78. The van der Waals surface area contributed by atoms with Gasteiger partial charge in [0.2, 0.25) is 15.9 Å². The van der Waals surface area contributed by atoms with Crippen LogP contribution in [0.3, 0.4) is 0 Å². The fourth-order valence-corrected chi connectivity index (χ4v) is 5.26. The van der Waals surface area contributed by atoms with E-state index in [1.54, 1.807) is 17.0 Å². The Morgan fingerprint density at radius 2 is 1.58 bits per heavy atom. The number of hydrogen-bond acceptors (Lipinski definition) is 6. The number of nitrogens with zero attached hydrogens (tertiary/aromatic N) is 2. The van der Waals surface area contributed by atoms with Gasteiger partial charge in [0, 0.05) is 32.2 Å². The average Bonchev–Trinajstić information content (AvgIpc) is 2.83. The van der Waals surface area contributed by atoms with Gasteiger partial charge < -0.3 is 19.1 Å². The van der Waals surface area contributed by atoms with Crippen molar-refractivity contribution in [2.45, 2.75) is 31.1 Å². The third kappa shape index (κ3) is 5.97. The number of rotatable bonds is 9. The first-order valence-electron chi connectivity index (χ1n) is 11.0. The van der Waals surface area contributed by atoms with Gasteiger partial charge in [0.1, 0.15) is 22.1 Å². The topological polar surface area (TPSA) is 85.4 Å². The number of sulfonamides is 1. The molecule has 0 radical (unpaired) electrons. The molecular weight excluding hydrogens is 444 g/mol. The molecule has 180 valence electrons. The maximum atomic E-state index is 13.2. The van der Waals surface area contributed by atoms with E-state index in [4.69, 9.17) is 14.2 Å². The van der Waals surface area contributed by atoms with Crippen LogP contribution in [0, 0.1) is 0 Å². The summed E-state index contributed by atoms with van der Waals surface area (Å²) in [4.78, 5) is 14.3. The second-order valence-electron chi connectivity index (χ2n) is 8.12. The minimum absolute atomic E-state index is 0.0511. The zero-order valence-electron chi connectivity index (χ0n) is 19.6. The van der Waals surface area contributed by atoms with E-state index in [9.17, 15) is 13.2 Å². The molecule has 0 atom stereocenters. The van der Waals surface area contributed by atoms with Crippen LogP contribution in [-0.4, -0.2) is 70.5 Å². The fourth-order valence-electron chi connectivity index (χ4n) is 3.67. The summed E-state index contributed by atoms with van der Waals surface area (Å²) in [6.07, 6.45) is 0.238. The summed E-state index contributed by atoms with van der Waals surface area (Å²) in [5.41, 5.74) is 1.23. The number of carbonyl (C=O) groups excluding carboxylic acids is 1. The third-order valence-corrected chi connectivity index (χ3v) is 7.63. The Balaban J connectivity index is 1.53. The predicted octanol–water partition coefficient (Wildman–Crippen LogP) is 3.13. The Morgan fingerprint density at radius 3 is 2.15 bits per heavy atom. The zero-order valence-corrected chi connectivity index (χ0v) is 20.4. The molecule has 1 aliphatic rings. The highest BCUT2D eigenvalue weighted by Gasteiger charge is 2.32. The molecule has 0 aromatic heterocycles. The van der Waals surface area contributed by atoms with Crippen molar-refractivity contribution in [2.75, 3.05) is 47.0 Å². The average molecular weight is 477 g/mol. The van der Waals surface area contributed by atoms with Crippen molar-refractivity contribution in [3.05, 3.63) is 48.0 Å². The van der Waals surface area contributed by atoms with Crippen LogP contribution in [-0.2, 0) is 14.8 Å². The summed E-state index contributed by atoms with van der Waals surface area (Å²) in [5.74, 6) is 1.82. The maximum absolute atomic E-state index is 13.2. The van der Waals surface area contributed by atoms with Crippen LogP contribution >= 0.6 is 0 Å². The highest BCUT2D eigenvalue weighted by atomic mass is 32.2. The lowest BCUT2D eigenvalue weighted by Gasteiger charge is -2.34. The molecule has 0 unspecified atom stereocenters. The second kappa shape index (κ2) is 10.9. The number of carbonyl (C=O) groups is 1. The van der Waals surface area contributed by atoms with E-state index in [1.807, 2.05) is 24.3 Å². The Kier molecular flexibility index (Phi) is 8.20. The van der Waals surface area contributed by atoms with Crippen LogP contribution in [0.4, 0.5) is 0 Å². The summed E-state index contributed by atoms with van der Waals surface area (Å²) in [6, 6.07) is 12.6. The summed E-state index contributed by atoms with van der Waals surface area (Å²) in [5, 5.41) is 0. The smallest absolute Gasteiger partial charge is 0.247 e. The molecule has 3 rings (SSSR count). The lowest BCUT2D eigenvalue weighted by Crippen LogP contribution is -2.50. The fraction of sp³-hybridized carbons (Fsp3) is 0.458. The first-order chi connectivity index (χ1) is 15.8. The molecule has 9 heteroatoms. The van der Waals surface area contributed by atoms with Gasteiger partial charge in [0.25, 0.3) is 0 Å². The summed E-state index contributed by atoms with van der Waals surface area (Å²) in [6.45, 7) is 5.62. The molecule has 0 bridgehead atoms. The van der Waals surface area contributed by atoms with Crippen molar-refractivity contribution in [3.63, 3.8) is 0 Å². The molecule has 0 spiro atoms. The monoisotopic (exact) mass is 476 g/mol. The number of hydrogen-bond donors (Lipinski definition) is 0. The molecule has 1 heterocycles. The van der Waals surface area contributed by atoms with E-state index in [1.165, 1.54) is 30.2 Å². The van der Waals surface area contributed by atoms with Crippen molar-refractivity contribution in [3.8, 4) is 17.2 Å². The van der Waals surface area contributed by atoms with Gasteiger partial charge in [-0.2, -0.15) is 4.31 Å². The number of piperazine rings is 1. The van der Waals surface area contributed by atoms with Crippen LogP contribution < -0.4 is 14.2 Å². The Labute approximate surface area is 196 Å². The first kappa shape index (κ1) is 24.9. The Hall–Kier alpha value is -2.78. The van der Waals surface area contributed by atoms with Gasteiger partial charge in [-0.15, -0.1) is 0 Å². The largest absolute Gasteiger partial charge is 0.497 e. The summed E-state index contributed by atoms with van der Waals surface area (Å²) >= 11 is 0. The zero-order chi connectivity index (χ0) is 24.0. The van der Waals surface area contributed by atoms with Crippen molar-refractivity contribution in [1.82, 2.24) is 9.21 Å². The van der Waals surface area contributed by atoms with Crippen molar-refractivity contribution in [2.24, 2.45) is 0 Å². The van der Waals surface area contributed by atoms with E-state index in [0.29, 0.717) is 24.8 Å². The number of amides is 1. The van der Waals surface area contributed by atoms with Gasteiger partial charge in [0.05, 0.1) is 27.2 Å². The van der Waals surface area contributed by atoms with Crippen molar-refractivity contribution < 1.29 is 27.4 Å². The van der Waals surface area contributed by atoms with Gasteiger partial charge in [-0.1, -0.05) is 26.0 Å². The molecule has 1 saturated heterocycles. The first-order valence-corrected chi connectivity index (χ1v) is 12.4. The van der Waals surface area contributed by atoms with Crippen LogP contribution in [0.1, 0.15) is 31.7 Å². The van der Waals surface area contributed by atoms with Crippen LogP contribution in [0.5, 0.6) is 17.2 Å². The molecule has 1 amide bonds. The number of ether oxygens (including phenoxy) is 3. The highest BCUT2D eigenvalue weighted by Crippen LogP contribution is 2.31. The summed E-state index contributed by atoms with van der Waals surface area (Å²) < 4.78 is 43.8. The van der Waals surface area contributed by atoms with E-state index in [2.05, 4.69) is 13.8 Å². The van der Waals surface area contributed by atoms with Gasteiger partial charge in [0.15, 0.2) is 0 Å². The van der Waals surface area contributed by atoms with Crippen LogP contribution in [0.2, 0.25) is 0 Å². The Bertz CT molecular complexity index is 1050. The SMILES string of the molecule is COc1ccc(OC)c(S(=O)(=O)N2CCN(C(=O)CCOc3ccc(C(C)C)cc3)CC2)c1. The predicted molar refractivity (Wildman–Crippen MR) is 126 cm³/mol. The normalized spacial score (nSPS) is 14.9. The molecular formula is C24H32N2O6S. The van der Waals surface area contributed by atoms with E-state index in [0.717, 1.165) is 5.75 Å². The van der Waals surface area contributed by atoms with E-state index < -0.39 is 10.0 Å². The molecule has 2 aromatic carbocycles. The third-order valence-electron chi connectivity index (χ3n) is 5.71. The van der Waals surface area contributed by atoms with Gasteiger partial charge in [-0.05, 0) is 35.7 Å². The summed E-state index contributed by atoms with van der Waals surface area (Å²) in [7, 11) is -0.876. The molecule has 33 heavy (non-hydrogen) atoms. The molecule has 0 saturated carbocycles. The molecule has 2 aromatic rings. The quantitative estimate of drug-likeness (QED) is 0.553. The molecule has 1 aliphatic heterocycles. The molecule has 0 N–H and O–H groups in total. The van der Waals surface area contributed by atoms with Gasteiger partial charge in [-0.25, -0.2) is 8.42 Å². The molecule has 0 aliphatic carbocycles. The maximum Gasteiger partial charge on any atom is 0.247 e. The minimum Gasteiger partial charge on any atom is -0.497 e. The molecule has 8 nitrogen and oxygen atoms in total. The lowest BCUT2D eigenvalue weighted by atomic mass is 10.0. The Morgan fingerprint density at radius 1 is 0.939 bits per heavy atom. The van der Waals surface area contributed by atoms with Gasteiger partial charge in [-0.3, -0.25) is 4.79 Å². The second-order valence-corrected chi connectivity index (χ2v) is 10.0. The number of methoxy groups -OCH3 is 2.